The Kier molecular flexibility index (Phi) is 4.05. The number of carbonyl (C=O) groups is 2. The zero-order valence-corrected chi connectivity index (χ0v) is 13.1. The van der Waals surface area contributed by atoms with E-state index < -0.39 is 6.03 Å². The zero-order valence-electron chi connectivity index (χ0n) is 13.1. The third-order valence-electron chi connectivity index (χ3n) is 3.76. The number of nitrogens with zero attached hydrogens (tertiary/aromatic N) is 3. The maximum atomic E-state index is 12.1. The molecule has 23 heavy (non-hydrogen) atoms. The van der Waals surface area contributed by atoms with Crippen molar-refractivity contribution >= 4 is 12.1 Å². The monoisotopic (exact) mass is 317 g/mol. The quantitative estimate of drug-likeness (QED) is 0.892. The molecule has 0 spiro atoms. The molecule has 8 nitrogen and oxygen atoms in total. The Balaban J connectivity index is 1.76. The molecule has 8 heteroatoms. The largest absolute Gasteiger partial charge is 0.467 e. The summed E-state index contributed by atoms with van der Waals surface area (Å²) in [7, 11) is 0. The summed E-state index contributed by atoms with van der Waals surface area (Å²) in [5, 5.41) is 9.85. The van der Waals surface area contributed by atoms with Gasteiger partial charge < -0.3 is 15.1 Å². The molecule has 1 aliphatic rings. The maximum absolute atomic E-state index is 12.1. The number of urea groups is 2. The van der Waals surface area contributed by atoms with Crippen LogP contribution in [-0.4, -0.2) is 46.4 Å². The van der Waals surface area contributed by atoms with Gasteiger partial charge in [-0.05, 0) is 32.0 Å². The van der Waals surface area contributed by atoms with Gasteiger partial charge in [0.15, 0.2) is 0 Å². The summed E-state index contributed by atoms with van der Waals surface area (Å²) in [6.07, 6.45) is 1.59. The molecular formula is C15H19N5O3. The molecule has 0 saturated carbocycles. The topological polar surface area (TPSA) is 92.4 Å². The second-order valence-electron chi connectivity index (χ2n) is 5.47. The summed E-state index contributed by atoms with van der Waals surface area (Å²) in [5.41, 5.74) is 1.86. The van der Waals surface area contributed by atoms with E-state index in [2.05, 4.69) is 15.7 Å². The molecule has 1 atom stereocenters. The van der Waals surface area contributed by atoms with Gasteiger partial charge in [-0.1, -0.05) is 0 Å². The predicted molar refractivity (Wildman–Crippen MR) is 82.1 cm³/mol. The number of rotatable bonds is 4. The van der Waals surface area contributed by atoms with Gasteiger partial charge in [0.2, 0.25) is 0 Å². The Morgan fingerprint density at radius 1 is 1.52 bits per heavy atom. The Bertz CT molecular complexity index is 707. The predicted octanol–water partition coefficient (Wildman–Crippen LogP) is 1.42. The molecule has 122 valence electrons. The minimum Gasteiger partial charge on any atom is -0.467 e. The molecule has 2 N–H and O–H groups in total. The van der Waals surface area contributed by atoms with Crippen molar-refractivity contribution in [2.75, 3.05) is 19.6 Å². The summed E-state index contributed by atoms with van der Waals surface area (Å²) >= 11 is 0. The van der Waals surface area contributed by atoms with Crippen LogP contribution in [0.4, 0.5) is 9.59 Å². The lowest BCUT2D eigenvalue weighted by molar-refractivity contribution is 0.197. The van der Waals surface area contributed by atoms with E-state index in [0.29, 0.717) is 18.8 Å². The van der Waals surface area contributed by atoms with Gasteiger partial charge in [-0.2, -0.15) is 5.10 Å². The number of aromatic nitrogens is 2. The van der Waals surface area contributed by atoms with Crippen molar-refractivity contribution in [1.82, 2.24) is 25.3 Å². The summed E-state index contributed by atoms with van der Waals surface area (Å²) < 4.78 is 7.31. The van der Waals surface area contributed by atoms with Gasteiger partial charge in [0, 0.05) is 25.3 Å². The van der Waals surface area contributed by atoms with Crippen LogP contribution in [0, 0.1) is 13.8 Å². The molecule has 3 rings (SSSR count). The summed E-state index contributed by atoms with van der Waals surface area (Å²) in [5.74, 6) is 0.697. The lowest BCUT2D eigenvalue weighted by atomic mass is 10.2. The third kappa shape index (κ3) is 3.05. The lowest BCUT2D eigenvalue weighted by Crippen LogP contribution is -2.44. The SMILES string of the molecule is Cc1cc(C)n([C@@H](CNC(=O)N2CCNC2=O)c2ccco2)n1. The van der Waals surface area contributed by atoms with Crippen LogP contribution in [-0.2, 0) is 0 Å². The van der Waals surface area contributed by atoms with Gasteiger partial charge in [0.05, 0.1) is 12.0 Å². The average molecular weight is 317 g/mol. The van der Waals surface area contributed by atoms with Crippen molar-refractivity contribution < 1.29 is 14.0 Å². The fourth-order valence-electron chi connectivity index (χ4n) is 2.69. The average Bonchev–Trinajstić information content (AvgIpc) is 3.22. The number of aryl methyl sites for hydroxylation is 2. The summed E-state index contributed by atoms with van der Waals surface area (Å²) in [4.78, 5) is 24.8. The molecule has 0 aromatic carbocycles. The Morgan fingerprint density at radius 3 is 2.91 bits per heavy atom. The standard InChI is InChI=1S/C15H19N5O3/c1-10-8-11(2)20(18-10)12(13-4-3-7-23-13)9-17-15(22)19-6-5-16-14(19)21/h3-4,7-8,12H,5-6,9H2,1-2H3,(H,16,21)(H,17,22)/t12-/m0/s1. The van der Waals surface area contributed by atoms with Gasteiger partial charge in [-0.25, -0.2) is 14.5 Å². The number of furan rings is 1. The zero-order chi connectivity index (χ0) is 16.4. The van der Waals surface area contributed by atoms with Crippen LogP contribution in [0.2, 0.25) is 0 Å². The van der Waals surface area contributed by atoms with Crippen LogP contribution >= 0.6 is 0 Å². The van der Waals surface area contributed by atoms with E-state index in [1.54, 1.807) is 12.3 Å². The van der Waals surface area contributed by atoms with E-state index in [9.17, 15) is 9.59 Å². The molecule has 1 aliphatic heterocycles. The van der Waals surface area contributed by atoms with Crippen molar-refractivity contribution in [3.8, 4) is 0 Å². The number of nitrogens with one attached hydrogen (secondary N) is 2. The lowest BCUT2D eigenvalue weighted by Gasteiger charge is -2.20. The highest BCUT2D eigenvalue weighted by atomic mass is 16.3. The van der Waals surface area contributed by atoms with E-state index in [4.69, 9.17) is 4.42 Å². The van der Waals surface area contributed by atoms with Crippen LogP contribution in [0.3, 0.4) is 0 Å². The molecule has 1 saturated heterocycles. The first-order chi connectivity index (χ1) is 11.1. The van der Waals surface area contributed by atoms with E-state index >= 15 is 0 Å². The molecular weight excluding hydrogens is 298 g/mol. The fourth-order valence-corrected chi connectivity index (χ4v) is 2.69. The molecule has 0 unspecified atom stereocenters. The number of amides is 4. The number of carbonyl (C=O) groups excluding carboxylic acids is 2. The molecule has 0 bridgehead atoms. The second kappa shape index (κ2) is 6.15. The van der Waals surface area contributed by atoms with E-state index in [-0.39, 0.29) is 18.6 Å². The van der Waals surface area contributed by atoms with Crippen molar-refractivity contribution in [1.29, 1.82) is 0 Å². The highest BCUT2D eigenvalue weighted by Gasteiger charge is 2.27. The van der Waals surface area contributed by atoms with Crippen LogP contribution in [0.5, 0.6) is 0 Å². The molecule has 3 heterocycles. The van der Waals surface area contributed by atoms with Crippen molar-refractivity contribution in [2.45, 2.75) is 19.9 Å². The van der Waals surface area contributed by atoms with Gasteiger partial charge in [-0.3, -0.25) is 4.68 Å². The van der Waals surface area contributed by atoms with Crippen LogP contribution in [0.1, 0.15) is 23.2 Å². The molecule has 0 radical (unpaired) electrons. The van der Waals surface area contributed by atoms with Crippen molar-refractivity contribution in [2.24, 2.45) is 0 Å². The van der Waals surface area contributed by atoms with Gasteiger partial charge in [0.25, 0.3) is 0 Å². The Hall–Kier alpha value is -2.77. The third-order valence-corrected chi connectivity index (χ3v) is 3.76. The molecule has 1 fully saturated rings. The molecule has 0 aliphatic carbocycles. The van der Waals surface area contributed by atoms with Gasteiger partial charge in [-0.15, -0.1) is 0 Å². The second-order valence-corrected chi connectivity index (χ2v) is 5.47. The fraction of sp³-hybridized carbons (Fsp3) is 0.400. The smallest absolute Gasteiger partial charge is 0.325 e. The summed E-state index contributed by atoms with van der Waals surface area (Å²) in [6, 6.07) is 4.54. The number of hydrogen-bond donors (Lipinski definition) is 2. The molecule has 4 amide bonds. The van der Waals surface area contributed by atoms with Crippen LogP contribution in [0.15, 0.2) is 28.9 Å². The summed E-state index contributed by atoms with van der Waals surface area (Å²) in [6.45, 7) is 4.99. The van der Waals surface area contributed by atoms with Gasteiger partial charge >= 0.3 is 12.1 Å². The van der Waals surface area contributed by atoms with Crippen molar-refractivity contribution in [3.63, 3.8) is 0 Å². The van der Waals surface area contributed by atoms with E-state index in [1.807, 2.05) is 30.7 Å². The normalized spacial score (nSPS) is 15.6. The molecule has 2 aromatic rings. The minimum atomic E-state index is -0.418. The van der Waals surface area contributed by atoms with Crippen LogP contribution in [0.25, 0.3) is 0 Å². The van der Waals surface area contributed by atoms with Gasteiger partial charge in [0.1, 0.15) is 11.8 Å². The Morgan fingerprint density at radius 2 is 2.35 bits per heavy atom. The highest BCUT2D eigenvalue weighted by Crippen LogP contribution is 2.20. The highest BCUT2D eigenvalue weighted by molar-refractivity contribution is 5.94. The first-order valence-corrected chi connectivity index (χ1v) is 7.45. The Labute approximate surface area is 133 Å². The minimum absolute atomic E-state index is 0.270. The van der Waals surface area contributed by atoms with Crippen LogP contribution < -0.4 is 10.6 Å². The van der Waals surface area contributed by atoms with E-state index in [0.717, 1.165) is 16.3 Å². The first kappa shape index (κ1) is 15.1. The van der Waals surface area contributed by atoms with Crippen molar-refractivity contribution in [3.05, 3.63) is 41.6 Å². The first-order valence-electron chi connectivity index (χ1n) is 7.45. The van der Waals surface area contributed by atoms with E-state index in [1.165, 1.54) is 0 Å². The number of hydrogen-bond acceptors (Lipinski definition) is 4. The maximum Gasteiger partial charge on any atom is 0.325 e. The number of imide groups is 1. The molecule has 2 aromatic heterocycles.